The highest BCUT2D eigenvalue weighted by atomic mass is 32.2. The second-order valence-electron chi connectivity index (χ2n) is 9.73. The molecule has 1 aromatic carbocycles. The molecule has 0 saturated carbocycles. The van der Waals surface area contributed by atoms with Crippen molar-refractivity contribution in [1.82, 2.24) is 10.2 Å². The number of carbonyl (C=O) groups excluding carboxylic acids is 1. The summed E-state index contributed by atoms with van der Waals surface area (Å²) in [5, 5.41) is 11.8. The van der Waals surface area contributed by atoms with Crippen LogP contribution in [0.15, 0.2) is 28.6 Å². The van der Waals surface area contributed by atoms with Crippen LogP contribution in [0, 0.1) is 11.3 Å². The molecule has 0 fully saturated rings. The fraction of sp³-hybridized carbons (Fsp3) is 0.591. The monoisotopic (exact) mass is 419 g/mol. The van der Waals surface area contributed by atoms with Crippen LogP contribution >= 0.6 is 23.1 Å². The Morgan fingerprint density at radius 1 is 1.11 bits per heavy atom. The fourth-order valence-electron chi connectivity index (χ4n) is 3.17. The third-order valence-corrected chi connectivity index (χ3v) is 6.37. The maximum absolute atomic E-state index is 12.2. The lowest BCUT2D eigenvalue weighted by Gasteiger charge is -2.22. The van der Waals surface area contributed by atoms with Gasteiger partial charge in [0.15, 0.2) is 4.34 Å². The molecule has 1 amide bonds. The molecule has 1 heterocycles. The van der Waals surface area contributed by atoms with Gasteiger partial charge in [0.25, 0.3) is 0 Å². The number of amides is 1. The van der Waals surface area contributed by atoms with Gasteiger partial charge in [-0.1, -0.05) is 95.8 Å². The number of nitrogens with zero attached hydrogens (tertiary/aromatic N) is 2. The lowest BCUT2D eigenvalue weighted by molar-refractivity contribution is -0.117. The summed E-state index contributed by atoms with van der Waals surface area (Å²) in [6, 6.07) is 8.74. The number of carbonyl (C=O) groups is 1. The number of hydrogen-bond acceptors (Lipinski definition) is 5. The van der Waals surface area contributed by atoms with E-state index in [1.165, 1.54) is 22.5 Å². The summed E-state index contributed by atoms with van der Waals surface area (Å²) < 4.78 is 0.873. The van der Waals surface area contributed by atoms with E-state index < -0.39 is 0 Å². The van der Waals surface area contributed by atoms with Gasteiger partial charge in [-0.15, -0.1) is 10.2 Å². The summed E-state index contributed by atoms with van der Waals surface area (Å²) in [4.78, 5) is 12.2. The van der Waals surface area contributed by atoms with Gasteiger partial charge in [0.1, 0.15) is 0 Å². The first-order valence-electron chi connectivity index (χ1n) is 9.78. The largest absolute Gasteiger partial charge is 0.300 e. The molecule has 2 rings (SSSR count). The minimum atomic E-state index is 0.0159. The standard InChI is InChI=1S/C22H33N3OS2/c1-15(13-21(2,3)4)12-18(26)23-19-24-25-20(28-19)27-14-16-8-10-17(11-9-16)22(5,6)7/h8-11,15H,12-14H2,1-7H3,(H,23,24,26). The topological polar surface area (TPSA) is 54.9 Å². The van der Waals surface area contributed by atoms with Crippen molar-refractivity contribution in [3.8, 4) is 0 Å². The number of benzene rings is 1. The smallest absolute Gasteiger partial charge is 0.226 e. The average molecular weight is 420 g/mol. The van der Waals surface area contributed by atoms with Crippen LogP contribution in [0.1, 0.15) is 72.4 Å². The summed E-state index contributed by atoms with van der Waals surface area (Å²) in [5.74, 6) is 1.20. The van der Waals surface area contributed by atoms with Crippen LogP contribution in [0.5, 0.6) is 0 Å². The number of aromatic nitrogens is 2. The molecule has 0 radical (unpaired) electrons. The summed E-state index contributed by atoms with van der Waals surface area (Å²) in [7, 11) is 0. The highest BCUT2D eigenvalue weighted by molar-refractivity contribution is 8.00. The van der Waals surface area contributed by atoms with Gasteiger partial charge in [0, 0.05) is 12.2 Å². The van der Waals surface area contributed by atoms with E-state index in [0.29, 0.717) is 17.5 Å². The van der Waals surface area contributed by atoms with Crippen molar-refractivity contribution in [1.29, 1.82) is 0 Å². The molecule has 0 bridgehead atoms. The Balaban J connectivity index is 1.83. The van der Waals surface area contributed by atoms with E-state index in [1.54, 1.807) is 11.8 Å². The molecular weight excluding hydrogens is 386 g/mol. The van der Waals surface area contributed by atoms with E-state index in [1.807, 2.05) is 0 Å². The lowest BCUT2D eigenvalue weighted by Crippen LogP contribution is -2.18. The minimum Gasteiger partial charge on any atom is -0.300 e. The number of thioether (sulfide) groups is 1. The maximum atomic E-state index is 12.2. The van der Waals surface area contributed by atoms with E-state index in [4.69, 9.17) is 0 Å². The molecule has 0 aliphatic heterocycles. The fourth-order valence-corrected chi connectivity index (χ4v) is 4.89. The molecule has 1 atom stereocenters. The molecular formula is C22H33N3OS2. The number of hydrogen-bond donors (Lipinski definition) is 1. The summed E-state index contributed by atoms with van der Waals surface area (Å²) in [6.45, 7) is 15.4. The van der Waals surface area contributed by atoms with Gasteiger partial charge in [0.2, 0.25) is 11.0 Å². The predicted molar refractivity (Wildman–Crippen MR) is 121 cm³/mol. The molecule has 6 heteroatoms. The van der Waals surface area contributed by atoms with Crippen molar-refractivity contribution >= 4 is 34.1 Å². The second kappa shape index (κ2) is 9.40. The van der Waals surface area contributed by atoms with Crippen LogP contribution in [-0.4, -0.2) is 16.1 Å². The predicted octanol–water partition coefficient (Wildman–Crippen LogP) is 6.53. The van der Waals surface area contributed by atoms with Gasteiger partial charge in [-0.05, 0) is 34.3 Å². The zero-order valence-corrected chi connectivity index (χ0v) is 19.8. The minimum absolute atomic E-state index is 0.0159. The van der Waals surface area contributed by atoms with E-state index in [2.05, 4.69) is 88.2 Å². The van der Waals surface area contributed by atoms with Crippen LogP contribution in [0.3, 0.4) is 0 Å². The van der Waals surface area contributed by atoms with Gasteiger partial charge in [-0.25, -0.2) is 0 Å². The van der Waals surface area contributed by atoms with E-state index >= 15 is 0 Å². The molecule has 2 aromatic rings. The zero-order valence-electron chi connectivity index (χ0n) is 18.1. The van der Waals surface area contributed by atoms with Gasteiger partial charge in [0.05, 0.1) is 0 Å². The second-order valence-corrected chi connectivity index (χ2v) is 11.9. The third kappa shape index (κ3) is 7.92. The molecule has 1 aromatic heterocycles. The Morgan fingerprint density at radius 3 is 2.32 bits per heavy atom. The molecule has 1 unspecified atom stereocenters. The Hall–Kier alpha value is -1.40. The average Bonchev–Trinajstić information content (AvgIpc) is 2.97. The molecule has 1 N–H and O–H groups in total. The van der Waals surface area contributed by atoms with Crippen molar-refractivity contribution in [2.45, 2.75) is 76.8 Å². The van der Waals surface area contributed by atoms with Crippen LogP contribution in [0.4, 0.5) is 5.13 Å². The molecule has 154 valence electrons. The zero-order chi connectivity index (χ0) is 20.9. The van der Waals surface area contributed by atoms with E-state index in [0.717, 1.165) is 16.5 Å². The van der Waals surface area contributed by atoms with Crippen molar-refractivity contribution in [3.05, 3.63) is 35.4 Å². The first-order valence-corrected chi connectivity index (χ1v) is 11.6. The number of rotatable bonds is 7. The van der Waals surface area contributed by atoms with Crippen LogP contribution in [0.2, 0.25) is 0 Å². The van der Waals surface area contributed by atoms with Crippen LogP contribution < -0.4 is 5.32 Å². The third-order valence-electron chi connectivity index (χ3n) is 4.33. The molecule has 0 aliphatic carbocycles. The van der Waals surface area contributed by atoms with Gasteiger partial charge in [-0.2, -0.15) is 0 Å². The molecule has 0 spiro atoms. The van der Waals surface area contributed by atoms with Gasteiger partial charge >= 0.3 is 0 Å². The maximum Gasteiger partial charge on any atom is 0.226 e. The highest BCUT2D eigenvalue weighted by Gasteiger charge is 2.18. The molecule has 4 nitrogen and oxygen atoms in total. The Kier molecular flexibility index (Phi) is 7.68. The van der Waals surface area contributed by atoms with Crippen molar-refractivity contribution in [2.75, 3.05) is 5.32 Å². The molecule has 0 aliphatic rings. The highest BCUT2D eigenvalue weighted by Crippen LogP contribution is 2.30. The van der Waals surface area contributed by atoms with Crippen molar-refractivity contribution in [2.24, 2.45) is 11.3 Å². The quantitative estimate of drug-likeness (QED) is 0.409. The number of nitrogens with one attached hydrogen (secondary N) is 1. The van der Waals surface area contributed by atoms with E-state index in [-0.39, 0.29) is 16.7 Å². The van der Waals surface area contributed by atoms with Crippen molar-refractivity contribution < 1.29 is 4.79 Å². The number of anilines is 1. The van der Waals surface area contributed by atoms with Gasteiger partial charge < -0.3 is 5.32 Å². The summed E-state index contributed by atoms with van der Waals surface area (Å²) >= 11 is 3.09. The summed E-state index contributed by atoms with van der Waals surface area (Å²) in [6.07, 6.45) is 1.53. The Morgan fingerprint density at radius 2 is 1.75 bits per heavy atom. The lowest BCUT2D eigenvalue weighted by atomic mass is 9.84. The van der Waals surface area contributed by atoms with Crippen molar-refractivity contribution in [3.63, 3.8) is 0 Å². The summed E-state index contributed by atoms with van der Waals surface area (Å²) in [5.41, 5.74) is 3.00. The molecule has 0 saturated heterocycles. The van der Waals surface area contributed by atoms with Crippen LogP contribution in [0.25, 0.3) is 0 Å². The SMILES string of the molecule is CC(CC(=O)Nc1nnc(SCc2ccc(C(C)(C)C)cc2)s1)CC(C)(C)C. The van der Waals surface area contributed by atoms with E-state index in [9.17, 15) is 4.79 Å². The first-order chi connectivity index (χ1) is 12.9. The van der Waals surface area contributed by atoms with Gasteiger partial charge in [-0.3, -0.25) is 4.79 Å². The molecule has 28 heavy (non-hydrogen) atoms. The Labute approximate surface area is 177 Å². The first kappa shape index (κ1) is 22.9. The Bertz CT molecular complexity index is 770. The van der Waals surface area contributed by atoms with Crippen LogP contribution in [-0.2, 0) is 16.0 Å². The normalized spacial score (nSPS) is 13.4.